The van der Waals surface area contributed by atoms with Gasteiger partial charge in [-0.15, -0.1) is 24.8 Å². The highest BCUT2D eigenvalue weighted by Gasteiger charge is 2.36. The van der Waals surface area contributed by atoms with Crippen LogP contribution >= 0.6 is 24.8 Å². The summed E-state index contributed by atoms with van der Waals surface area (Å²) in [6, 6.07) is 17.0. The van der Waals surface area contributed by atoms with E-state index in [1.54, 1.807) is 6.07 Å². The summed E-state index contributed by atoms with van der Waals surface area (Å²) < 4.78 is 0. The Bertz CT molecular complexity index is 695. The van der Waals surface area contributed by atoms with Crippen molar-refractivity contribution in [2.75, 3.05) is 33.2 Å². The van der Waals surface area contributed by atoms with Crippen LogP contribution in [0.5, 0.6) is 5.75 Å². The van der Waals surface area contributed by atoms with Gasteiger partial charge in [0, 0.05) is 43.7 Å². The van der Waals surface area contributed by atoms with E-state index >= 15 is 0 Å². The predicted molar refractivity (Wildman–Crippen MR) is 103 cm³/mol. The van der Waals surface area contributed by atoms with E-state index < -0.39 is 0 Å². The Hall–Kier alpha value is -1.26. The Morgan fingerprint density at radius 1 is 0.833 bits per heavy atom. The molecule has 1 saturated heterocycles. The standard InChI is InChI=1S/C19H22N2O.2ClH/c1-20-10-11-21-12-17(16-8-4-5-9-19(16)22)14-6-2-3-7-15(14)18(21)13-20;;/h2-9,17-18,22H,10-13H2,1H3;2*1H/t17-,18-;;/m1../s1. The summed E-state index contributed by atoms with van der Waals surface area (Å²) in [5.74, 6) is 0.673. The van der Waals surface area contributed by atoms with Gasteiger partial charge in [0.1, 0.15) is 5.75 Å². The van der Waals surface area contributed by atoms with Crippen molar-refractivity contribution in [2.45, 2.75) is 12.0 Å². The molecular weight excluding hydrogens is 343 g/mol. The number of nitrogens with zero attached hydrogens (tertiary/aromatic N) is 2. The number of piperazine rings is 1. The van der Waals surface area contributed by atoms with Gasteiger partial charge in [0.25, 0.3) is 0 Å². The van der Waals surface area contributed by atoms with Crippen LogP contribution in [0, 0.1) is 0 Å². The van der Waals surface area contributed by atoms with E-state index in [0.717, 1.165) is 31.7 Å². The van der Waals surface area contributed by atoms with Crippen LogP contribution in [0.15, 0.2) is 48.5 Å². The minimum atomic E-state index is 0. The molecule has 5 heteroatoms. The number of halogens is 2. The second-order valence-corrected chi connectivity index (χ2v) is 6.51. The van der Waals surface area contributed by atoms with Gasteiger partial charge in [-0.05, 0) is 24.2 Å². The van der Waals surface area contributed by atoms with Crippen LogP contribution in [0.25, 0.3) is 0 Å². The Kier molecular flexibility index (Phi) is 6.16. The van der Waals surface area contributed by atoms with Gasteiger partial charge >= 0.3 is 0 Å². The number of likely N-dealkylation sites (N-methyl/N-ethyl adjacent to an activating group) is 1. The summed E-state index contributed by atoms with van der Waals surface area (Å²) in [4.78, 5) is 5.00. The van der Waals surface area contributed by atoms with Crippen LogP contribution in [0.1, 0.15) is 28.7 Å². The first-order valence-corrected chi connectivity index (χ1v) is 8.03. The van der Waals surface area contributed by atoms with Gasteiger partial charge in [-0.25, -0.2) is 0 Å². The van der Waals surface area contributed by atoms with Gasteiger partial charge in [0.05, 0.1) is 0 Å². The highest BCUT2D eigenvalue weighted by molar-refractivity contribution is 5.85. The Morgan fingerprint density at radius 2 is 1.46 bits per heavy atom. The SMILES string of the molecule is CN1CCN2C[C@@H](c3ccccc3O)c3ccccc3[C@H]2C1.Cl.Cl. The van der Waals surface area contributed by atoms with E-state index in [1.807, 2.05) is 12.1 Å². The predicted octanol–water partition coefficient (Wildman–Crippen LogP) is 3.67. The average molecular weight is 367 g/mol. The first kappa shape index (κ1) is 19.1. The number of fused-ring (bicyclic) bond motifs is 3. The van der Waals surface area contributed by atoms with Crippen LogP contribution < -0.4 is 0 Å². The van der Waals surface area contributed by atoms with Gasteiger partial charge in [-0.2, -0.15) is 0 Å². The van der Waals surface area contributed by atoms with Crippen LogP contribution in [0.3, 0.4) is 0 Å². The Labute approximate surface area is 156 Å². The van der Waals surface area contributed by atoms with Crippen LogP contribution in [-0.4, -0.2) is 48.1 Å². The lowest BCUT2D eigenvalue weighted by Gasteiger charge is -2.46. The molecule has 0 aliphatic carbocycles. The van der Waals surface area contributed by atoms with Crippen molar-refractivity contribution < 1.29 is 5.11 Å². The smallest absolute Gasteiger partial charge is 0.119 e. The molecule has 2 aromatic rings. The van der Waals surface area contributed by atoms with Crippen molar-refractivity contribution in [1.29, 1.82) is 0 Å². The van der Waals surface area contributed by atoms with Crippen LogP contribution in [0.2, 0.25) is 0 Å². The normalized spacial score (nSPS) is 23.4. The number of para-hydroxylation sites is 1. The molecule has 0 spiro atoms. The zero-order valence-electron chi connectivity index (χ0n) is 13.8. The largest absolute Gasteiger partial charge is 0.508 e. The monoisotopic (exact) mass is 366 g/mol. The zero-order chi connectivity index (χ0) is 15.1. The summed E-state index contributed by atoms with van der Waals surface area (Å²) in [5.41, 5.74) is 3.85. The highest BCUT2D eigenvalue weighted by Crippen LogP contribution is 2.42. The maximum Gasteiger partial charge on any atom is 0.119 e. The van der Waals surface area contributed by atoms with Gasteiger partial charge in [-0.3, -0.25) is 4.90 Å². The summed E-state index contributed by atoms with van der Waals surface area (Å²) >= 11 is 0. The van der Waals surface area contributed by atoms with Crippen LogP contribution in [-0.2, 0) is 0 Å². The maximum atomic E-state index is 10.3. The number of hydrogen-bond acceptors (Lipinski definition) is 3. The summed E-state index contributed by atoms with van der Waals surface area (Å²) in [6.07, 6.45) is 0. The van der Waals surface area contributed by atoms with E-state index in [-0.39, 0.29) is 30.7 Å². The second-order valence-electron chi connectivity index (χ2n) is 6.51. The minimum Gasteiger partial charge on any atom is -0.508 e. The molecule has 2 atom stereocenters. The van der Waals surface area contributed by atoms with Crippen molar-refractivity contribution in [2.24, 2.45) is 0 Å². The minimum absolute atomic E-state index is 0. The van der Waals surface area contributed by atoms with E-state index in [9.17, 15) is 5.11 Å². The number of phenolic OH excluding ortho intramolecular Hbond substituents is 1. The fourth-order valence-corrected chi connectivity index (χ4v) is 3.98. The molecular formula is C19H24Cl2N2O. The second kappa shape index (κ2) is 7.75. The number of rotatable bonds is 1. The molecule has 2 heterocycles. The molecule has 1 N–H and O–H groups in total. The first-order valence-electron chi connectivity index (χ1n) is 8.03. The lowest BCUT2D eigenvalue weighted by molar-refractivity contribution is 0.0770. The number of benzene rings is 2. The van der Waals surface area contributed by atoms with E-state index in [2.05, 4.69) is 47.2 Å². The quantitative estimate of drug-likeness (QED) is 0.833. The molecule has 0 radical (unpaired) electrons. The zero-order valence-corrected chi connectivity index (χ0v) is 15.4. The van der Waals surface area contributed by atoms with Gasteiger partial charge in [0.2, 0.25) is 0 Å². The lowest BCUT2D eigenvalue weighted by Crippen LogP contribution is -2.50. The first-order chi connectivity index (χ1) is 10.7. The Morgan fingerprint density at radius 3 is 2.17 bits per heavy atom. The molecule has 0 amide bonds. The Balaban J connectivity index is 0.00000104. The molecule has 0 bridgehead atoms. The molecule has 24 heavy (non-hydrogen) atoms. The number of phenols is 1. The molecule has 1 fully saturated rings. The van der Waals surface area contributed by atoms with Gasteiger partial charge in [-0.1, -0.05) is 42.5 Å². The summed E-state index contributed by atoms with van der Waals surface area (Å²) in [7, 11) is 2.20. The average Bonchev–Trinajstić information content (AvgIpc) is 2.55. The molecule has 0 unspecified atom stereocenters. The molecule has 2 aliphatic heterocycles. The number of hydrogen-bond donors (Lipinski definition) is 1. The van der Waals surface area contributed by atoms with Crippen molar-refractivity contribution in [3.8, 4) is 5.75 Å². The van der Waals surface area contributed by atoms with Crippen molar-refractivity contribution in [3.63, 3.8) is 0 Å². The van der Waals surface area contributed by atoms with Crippen molar-refractivity contribution in [3.05, 3.63) is 65.2 Å². The third-order valence-corrected chi connectivity index (χ3v) is 5.15. The topological polar surface area (TPSA) is 26.7 Å². The third-order valence-electron chi connectivity index (χ3n) is 5.15. The van der Waals surface area contributed by atoms with E-state index in [0.29, 0.717) is 11.8 Å². The molecule has 0 aromatic heterocycles. The third kappa shape index (κ3) is 3.27. The van der Waals surface area contributed by atoms with Gasteiger partial charge in [0.15, 0.2) is 0 Å². The van der Waals surface area contributed by atoms with Crippen molar-refractivity contribution >= 4 is 24.8 Å². The van der Waals surface area contributed by atoms with E-state index in [4.69, 9.17) is 0 Å². The molecule has 3 nitrogen and oxygen atoms in total. The molecule has 130 valence electrons. The fraction of sp³-hybridized carbons (Fsp3) is 0.368. The summed E-state index contributed by atoms with van der Waals surface area (Å²) in [5, 5.41) is 10.3. The summed E-state index contributed by atoms with van der Waals surface area (Å²) in [6.45, 7) is 4.29. The highest BCUT2D eigenvalue weighted by atomic mass is 35.5. The fourth-order valence-electron chi connectivity index (χ4n) is 3.98. The molecule has 4 rings (SSSR count). The van der Waals surface area contributed by atoms with Crippen molar-refractivity contribution in [1.82, 2.24) is 9.80 Å². The lowest BCUT2D eigenvalue weighted by atomic mass is 9.80. The molecule has 2 aliphatic rings. The molecule has 2 aromatic carbocycles. The number of aromatic hydroxyl groups is 1. The molecule has 0 saturated carbocycles. The van der Waals surface area contributed by atoms with Crippen LogP contribution in [0.4, 0.5) is 0 Å². The maximum absolute atomic E-state index is 10.3. The van der Waals surface area contributed by atoms with Gasteiger partial charge < -0.3 is 10.0 Å². The van der Waals surface area contributed by atoms with E-state index in [1.165, 1.54) is 11.1 Å².